The zero-order chi connectivity index (χ0) is 23.3. The van der Waals surface area contributed by atoms with Crippen LogP contribution in [-0.4, -0.2) is 67.6 Å². The van der Waals surface area contributed by atoms with Crippen LogP contribution >= 0.6 is 0 Å². The van der Waals surface area contributed by atoms with Gasteiger partial charge in [-0.2, -0.15) is 5.10 Å². The number of carbonyl (C=O) groups excluding carboxylic acids is 2. The maximum atomic E-state index is 14.0. The highest BCUT2D eigenvalue weighted by Crippen LogP contribution is 2.41. The van der Waals surface area contributed by atoms with E-state index in [2.05, 4.69) is 42.9 Å². The molecule has 7 heteroatoms. The molecule has 1 aromatic heterocycles. The topological polar surface area (TPSA) is 61.7 Å². The number of benzene rings is 1. The predicted octanol–water partition coefficient (Wildman–Crippen LogP) is 3.15. The summed E-state index contributed by atoms with van der Waals surface area (Å²) in [6.45, 7) is 9.42. The number of amides is 3. The molecule has 2 saturated heterocycles. The number of hydrogen-bond donors (Lipinski definition) is 0. The molecule has 5 rings (SSSR count). The molecule has 2 aromatic rings. The Labute approximate surface area is 196 Å². The summed E-state index contributed by atoms with van der Waals surface area (Å²) >= 11 is 0. The summed E-state index contributed by atoms with van der Waals surface area (Å²) < 4.78 is 1.90. The van der Waals surface area contributed by atoms with Gasteiger partial charge in [-0.3, -0.25) is 19.3 Å². The Bertz CT molecular complexity index is 1040. The molecule has 0 saturated carbocycles. The van der Waals surface area contributed by atoms with E-state index in [1.165, 1.54) is 22.4 Å². The molecule has 0 bridgehead atoms. The van der Waals surface area contributed by atoms with Gasteiger partial charge in [0.25, 0.3) is 5.91 Å². The number of likely N-dealkylation sites (tertiary alicyclic amines) is 1. The summed E-state index contributed by atoms with van der Waals surface area (Å²) in [6.07, 6.45) is 4.87. The van der Waals surface area contributed by atoms with Crippen molar-refractivity contribution in [2.75, 3.05) is 19.6 Å². The third-order valence-corrected chi connectivity index (χ3v) is 7.93. The van der Waals surface area contributed by atoms with E-state index in [1.807, 2.05) is 35.0 Å². The first-order valence-electron chi connectivity index (χ1n) is 12.2. The van der Waals surface area contributed by atoms with Crippen LogP contribution < -0.4 is 0 Å². The van der Waals surface area contributed by atoms with Crippen LogP contribution in [0.15, 0.2) is 30.5 Å². The highest BCUT2D eigenvalue weighted by Gasteiger charge is 2.59. The molecule has 1 aliphatic carbocycles. The largest absolute Gasteiger partial charge is 0.327 e. The van der Waals surface area contributed by atoms with Crippen LogP contribution in [0.25, 0.3) is 0 Å². The second-order valence-electron chi connectivity index (χ2n) is 10.5. The Kier molecular flexibility index (Phi) is 5.55. The number of aryl methyl sites for hydroxylation is 1. The van der Waals surface area contributed by atoms with Crippen molar-refractivity contribution in [3.05, 3.63) is 52.8 Å². The lowest BCUT2D eigenvalue weighted by Gasteiger charge is -2.42. The van der Waals surface area contributed by atoms with Crippen LogP contribution in [0.4, 0.5) is 4.79 Å². The van der Waals surface area contributed by atoms with E-state index in [1.54, 1.807) is 4.90 Å². The first-order valence-corrected chi connectivity index (χ1v) is 12.2. The zero-order valence-electron chi connectivity index (χ0n) is 20.3. The van der Waals surface area contributed by atoms with Gasteiger partial charge in [-0.25, -0.2) is 4.79 Å². The van der Waals surface area contributed by atoms with E-state index in [0.717, 1.165) is 32.5 Å². The number of hydrogen-bond acceptors (Lipinski definition) is 4. The molecule has 176 valence electrons. The molecule has 2 aliphatic heterocycles. The number of fused-ring (bicyclic) bond motifs is 1. The smallest absolute Gasteiger partial charge is 0.309 e. The SMILES string of the molecule is Cc1c(CN2CCC3(CC2)C(=O)N(C2Cc4ccccc4C2)C(=O)N3CC(C)C)cnn1C. The van der Waals surface area contributed by atoms with Gasteiger partial charge >= 0.3 is 6.03 Å². The molecule has 0 atom stereocenters. The lowest BCUT2D eigenvalue weighted by molar-refractivity contribution is -0.137. The maximum Gasteiger partial charge on any atom is 0.327 e. The lowest BCUT2D eigenvalue weighted by Crippen LogP contribution is -2.57. The van der Waals surface area contributed by atoms with Crippen LogP contribution in [0, 0.1) is 12.8 Å². The molecule has 7 nitrogen and oxygen atoms in total. The molecule has 33 heavy (non-hydrogen) atoms. The van der Waals surface area contributed by atoms with Gasteiger partial charge in [0.15, 0.2) is 0 Å². The molecular weight excluding hydrogens is 414 g/mol. The number of urea groups is 1. The van der Waals surface area contributed by atoms with Crippen molar-refractivity contribution in [3.63, 3.8) is 0 Å². The number of carbonyl (C=O) groups is 2. The van der Waals surface area contributed by atoms with E-state index < -0.39 is 5.54 Å². The summed E-state index contributed by atoms with van der Waals surface area (Å²) in [5.74, 6) is 0.346. The molecule has 0 unspecified atom stereocenters. The van der Waals surface area contributed by atoms with Crippen molar-refractivity contribution in [2.24, 2.45) is 13.0 Å². The minimum Gasteiger partial charge on any atom is -0.309 e. The van der Waals surface area contributed by atoms with Crippen molar-refractivity contribution >= 4 is 11.9 Å². The van der Waals surface area contributed by atoms with Gasteiger partial charge in [0.05, 0.1) is 6.20 Å². The van der Waals surface area contributed by atoms with Gasteiger partial charge in [-0.15, -0.1) is 0 Å². The molecule has 1 spiro atoms. The third kappa shape index (κ3) is 3.66. The van der Waals surface area contributed by atoms with Crippen molar-refractivity contribution in [1.82, 2.24) is 24.5 Å². The van der Waals surface area contributed by atoms with E-state index in [4.69, 9.17) is 0 Å². The Balaban J connectivity index is 1.36. The lowest BCUT2D eigenvalue weighted by atomic mass is 9.85. The Hall–Kier alpha value is -2.67. The van der Waals surface area contributed by atoms with Crippen LogP contribution in [0.5, 0.6) is 0 Å². The second-order valence-corrected chi connectivity index (χ2v) is 10.5. The zero-order valence-corrected chi connectivity index (χ0v) is 20.3. The van der Waals surface area contributed by atoms with E-state index in [9.17, 15) is 9.59 Å². The number of piperidine rings is 1. The summed E-state index contributed by atoms with van der Waals surface area (Å²) in [7, 11) is 1.96. The van der Waals surface area contributed by atoms with Crippen molar-refractivity contribution < 1.29 is 9.59 Å². The molecule has 3 amide bonds. The number of nitrogens with zero attached hydrogens (tertiary/aromatic N) is 5. The molecule has 3 aliphatic rings. The average Bonchev–Trinajstić information content (AvgIpc) is 3.41. The maximum absolute atomic E-state index is 14.0. The van der Waals surface area contributed by atoms with Gasteiger partial charge in [-0.1, -0.05) is 38.1 Å². The Morgan fingerprint density at radius 3 is 2.27 bits per heavy atom. The fourth-order valence-electron chi connectivity index (χ4n) is 5.90. The number of imide groups is 1. The van der Waals surface area contributed by atoms with E-state index in [0.29, 0.717) is 25.3 Å². The highest BCUT2D eigenvalue weighted by atomic mass is 16.2. The van der Waals surface area contributed by atoms with Crippen molar-refractivity contribution in [3.8, 4) is 0 Å². The van der Waals surface area contributed by atoms with Gasteiger partial charge in [0, 0.05) is 50.5 Å². The Morgan fingerprint density at radius 2 is 1.73 bits per heavy atom. The second kappa shape index (κ2) is 8.28. The molecule has 2 fully saturated rings. The third-order valence-electron chi connectivity index (χ3n) is 7.93. The van der Waals surface area contributed by atoms with E-state index >= 15 is 0 Å². The molecular formula is C26H35N5O2. The van der Waals surface area contributed by atoms with Crippen LogP contribution in [-0.2, 0) is 31.2 Å². The fraction of sp³-hybridized carbons (Fsp3) is 0.577. The standard InChI is InChI=1S/C26H35N5O2/c1-18(2)16-30-25(33)31(23-13-20-7-5-6-8-21(20)14-23)24(32)26(30)9-11-29(12-10-26)17-22-15-27-28(4)19(22)3/h5-8,15,18,23H,9-14,16-17H2,1-4H3. The van der Waals surface area contributed by atoms with Gasteiger partial charge in [-0.05, 0) is 49.7 Å². The highest BCUT2D eigenvalue weighted by molar-refractivity contribution is 6.07. The normalized spacial score (nSPS) is 21.1. The fourth-order valence-corrected chi connectivity index (χ4v) is 5.90. The summed E-state index contributed by atoms with van der Waals surface area (Å²) in [4.78, 5) is 33.6. The molecule has 0 N–H and O–H groups in total. The van der Waals surface area contributed by atoms with Crippen molar-refractivity contribution in [2.45, 2.75) is 64.6 Å². The summed E-state index contributed by atoms with van der Waals surface area (Å²) in [6, 6.07) is 8.19. The van der Waals surface area contributed by atoms with Gasteiger partial charge < -0.3 is 4.90 Å². The number of rotatable bonds is 5. The van der Waals surface area contributed by atoms with Crippen LogP contribution in [0.3, 0.4) is 0 Å². The number of aromatic nitrogens is 2. The Morgan fingerprint density at radius 1 is 1.09 bits per heavy atom. The van der Waals surface area contributed by atoms with Gasteiger partial charge in [0.2, 0.25) is 0 Å². The first-order chi connectivity index (χ1) is 15.8. The van der Waals surface area contributed by atoms with Gasteiger partial charge in [0.1, 0.15) is 5.54 Å². The predicted molar refractivity (Wildman–Crippen MR) is 127 cm³/mol. The van der Waals surface area contributed by atoms with E-state index in [-0.39, 0.29) is 18.0 Å². The molecule has 0 radical (unpaired) electrons. The minimum atomic E-state index is -0.698. The van der Waals surface area contributed by atoms with Crippen LogP contribution in [0.2, 0.25) is 0 Å². The average molecular weight is 450 g/mol. The van der Waals surface area contributed by atoms with Crippen molar-refractivity contribution in [1.29, 1.82) is 0 Å². The minimum absolute atomic E-state index is 0.0307. The molecule has 1 aromatic carbocycles. The molecule has 3 heterocycles. The first kappa shape index (κ1) is 22.1. The van der Waals surface area contributed by atoms with Crippen LogP contribution in [0.1, 0.15) is 49.1 Å². The summed E-state index contributed by atoms with van der Waals surface area (Å²) in [5.41, 5.74) is 4.24. The quantitative estimate of drug-likeness (QED) is 0.658. The monoisotopic (exact) mass is 449 g/mol. The summed E-state index contributed by atoms with van der Waals surface area (Å²) in [5, 5.41) is 4.37.